The molecule has 0 saturated carbocycles. The fourth-order valence-corrected chi connectivity index (χ4v) is 5.17. The Morgan fingerprint density at radius 1 is 0.333 bits per heavy atom. The molecule has 0 heterocycles. The molecule has 0 atom stereocenters. The molecule has 0 saturated heterocycles. The molecule has 0 rings (SSSR count). The summed E-state index contributed by atoms with van der Waals surface area (Å²) in [5, 5.41) is 0. The molecule has 0 spiro atoms. The number of hydrogen-bond donors (Lipinski definition) is 0. The van der Waals surface area contributed by atoms with E-state index in [0.717, 1.165) is 0 Å². The first-order chi connectivity index (χ1) is 16.4. The highest BCUT2D eigenvalue weighted by atomic mass is 31.1. The van der Waals surface area contributed by atoms with E-state index in [4.69, 9.17) is 0 Å². The lowest BCUT2D eigenvalue weighted by Gasteiger charge is -2.02. The van der Waals surface area contributed by atoms with Crippen molar-refractivity contribution < 1.29 is 0 Å². The molecule has 0 fully saturated rings. The number of hydrogen-bond acceptors (Lipinski definition) is 0. The van der Waals surface area contributed by atoms with Crippen LogP contribution in [0.3, 0.4) is 0 Å². The second-order valence-electron chi connectivity index (χ2n) is 10.3. The highest BCUT2D eigenvalue weighted by Crippen LogP contribution is 2.17. The van der Waals surface area contributed by atoms with Gasteiger partial charge in [0.05, 0.1) is 0 Å². The lowest BCUT2D eigenvalue weighted by Crippen LogP contribution is -1.82. The van der Waals surface area contributed by atoms with Crippen molar-refractivity contribution >= 4 is 8.58 Å². The lowest BCUT2D eigenvalue weighted by atomic mass is 10.0. The van der Waals surface area contributed by atoms with E-state index in [2.05, 4.69) is 37.6 Å². The minimum atomic E-state index is 1.27. The van der Waals surface area contributed by atoms with Crippen molar-refractivity contribution in [2.45, 2.75) is 181 Å². The molecule has 0 aromatic rings. The molecular weight excluding hydrogens is 415 g/mol. The molecule has 1 heteroatoms. The highest BCUT2D eigenvalue weighted by molar-refractivity contribution is 7.45. The van der Waals surface area contributed by atoms with Gasteiger partial charge in [0, 0.05) is 0 Å². The topological polar surface area (TPSA) is 0 Å². The Hall–Kier alpha value is -0.0900. The zero-order valence-corrected chi connectivity index (χ0v) is 24.0. The lowest BCUT2D eigenvalue weighted by molar-refractivity contribution is 0.545. The number of rotatable bonds is 28. The van der Waals surface area contributed by atoms with Gasteiger partial charge in [-0.2, -0.15) is 0 Å². The first kappa shape index (κ1) is 32.9. The van der Waals surface area contributed by atoms with Crippen molar-refractivity contribution in [3.63, 3.8) is 0 Å². The molecule has 0 nitrogen and oxygen atoms in total. The van der Waals surface area contributed by atoms with Gasteiger partial charge in [-0.05, 0) is 34.3 Å². The number of allylic oxidation sites excluding steroid dienone is 2. The van der Waals surface area contributed by atoms with Crippen LogP contribution >= 0.6 is 8.58 Å². The van der Waals surface area contributed by atoms with E-state index in [1.807, 2.05) is 0 Å². The molecule has 0 aromatic heterocycles. The van der Waals surface area contributed by atoms with E-state index >= 15 is 0 Å². The molecule has 195 valence electrons. The van der Waals surface area contributed by atoms with Gasteiger partial charge in [0.25, 0.3) is 0 Å². The van der Waals surface area contributed by atoms with Gasteiger partial charge < -0.3 is 0 Å². The fraction of sp³-hybridized carbons (Fsp3) is 0.875. The Labute approximate surface area is 213 Å². The Balaban J connectivity index is 3.14. The summed E-state index contributed by atoms with van der Waals surface area (Å²) in [6.45, 7) is 4.60. The van der Waals surface area contributed by atoms with Crippen LogP contribution in [0.15, 0.2) is 23.8 Å². The Morgan fingerprint density at radius 3 is 0.848 bits per heavy atom. The van der Waals surface area contributed by atoms with Crippen molar-refractivity contribution in [1.82, 2.24) is 0 Å². The first-order valence-corrected chi connectivity index (χ1v) is 16.4. The highest BCUT2D eigenvalue weighted by Gasteiger charge is 1.94. The van der Waals surface area contributed by atoms with Crippen molar-refractivity contribution in [2.75, 3.05) is 0 Å². The van der Waals surface area contributed by atoms with Crippen LogP contribution in [0, 0.1) is 0 Å². The molecule has 0 aliphatic rings. The predicted molar refractivity (Wildman–Crippen MR) is 157 cm³/mol. The van der Waals surface area contributed by atoms with Crippen LogP contribution in [0.1, 0.15) is 181 Å². The van der Waals surface area contributed by atoms with Gasteiger partial charge in [-0.25, -0.2) is 0 Å². The summed E-state index contributed by atoms with van der Waals surface area (Å²) in [6, 6.07) is 0. The van der Waals surface area contributed by atoms with Crippen molar-refractivity contribution in [3.05, 3.63) is 23.8 Å². The SMILES string of the molecule is CCCCCCCCCCCCCCC=C[P]C=CCCCCCCCCCCCCCC. The molecule has 1 radical (unpaired) electrons. The summed E-state index contributed by atoms with van der Waals surface area (Å²) in [5.74, 6) is 4.69. The summed E-state index contributed by atoms with van der Waals surface area (Å²) in [6.07, 6.45) is 41.9. The normalized spacial score (nSPS) is 12.3. The van der Waals surface area contributed by atoms with E-state index in [1.165, 1.54) is 176 Å². The maximum absolute atomic E-state index is 2.39. The summed E-state index contributed by atoms with van der Waals surface area (Å²) in [5.41, 5.74) is 0. The van der Waals surface area contributed by atoms with E-state index in [0.29, 0.717) is 0 Å². The minimum absolute atomic E-state index is 1.27. The Kier molecular flexibility index (Phi) is 31.8. The molecular formula is C32H62P. The van der Waals surface area contributed by atoms with Crippen LogP contribution in [0.25, 0.3) is 0 Å². The van der Waals surface area contributed by atoms with Crippen LogP contribution in [0.5, 0.6) is 0 Å². The third-order valence-electron chi connectivity index (χ3n) is 6.83. The molecule has 0 N–H and O–H groups in total. The molecule has 0 aromatic carbocycles. The molecule has 0 aliphatic heterocycles. The first-order valence-electron chi connectivity index (χ1n) is 15.4. The van der Waals surface area contributed by atoms with Crippen LogP contribution in [0.2, 0.25) is 0 Å². The van der Waals surface area contributed by atoms with Crippen LogP contribution in [-0.4, -0.2) is 0 Å². The van der Waals surface area contributed by atoms with Crippen molar-refractivity contribution in [1.29, 1.82) is 0 Å². The van der Waals surface area contributed by atoms with Crippen molar-refractivity contribution in [3.8, 4) is 0 Å². The van der Waals surface area contributed by atoms with Gasteiger partial charge >= 0.3 is 0 Å². The average Bonchev–Trinajstić information content (AvgIpc) is 2.83. The summed E-state index contributed by atoms with van der Waals surface area (Å²) >= 11 is 0. The summed E-state index contributed by atoms with van der Waals surface area (Å²) in [4.78, 5) is 0. The fourth-order valence-electron chi connectivity index (χ4n) is 4.53. The van der Waals surface area contributed by atoms with E-state index in [1.54, 1.807) is 0 Å². The smallest absolute Gasteiger partial charge is 0.0267 e. The van der Waals surface area contributed by atoms with Gasteiger partial charge in [0.2, 0.25) is 0 Å². The van der Waals surface area contributed by atoms with Gasteiger partial charge in [0.15, 0.2) is 0 Å². The monoisotopic (exact) mass is 477 g/mol. The van der Waals surface area contributed by atoms with Crippen LogP contribution in [0.4, 0.5) is 0 Å². The number of unbranched alkanes of at least 4 members (excludes halogenated alkanes) is 24. The zero-order chi connectivity index (χ0) is 23.9. The van der Waals surface area contributed by atoms with Gasteiger partial charge in [-0.1, -0.05) is 179 Å². The average molecular weight is 478 g/mol. The largest absolute Gasteiger partial charge is 0.0834 e. The zero-order valence-electron chi connectivity index (χ0n) is 23.1. The molecule has 0 aliphatic carbocycles. The van der Waals surface area contributed by atoms with E-state index in [-0.39, 0.29) is 0 Å². The third-order valence-corrected chi connectivity index (χ3v) is 7.60. The predicted octanol–water partition coefficient (Wildman–Crippen LogP) is 13.1. The maximum atomic E-state index is 2.39. The van der Waals surface area contributed by atoms with Crippen LogP contribution in [-0.2, 0) is 0 Å². The Morgan fingerprint density at radius 2 is 0.576 bits per heavy atom. The quantitative estimate of drug-likeness (QED) is 0.0776. The molecule has 0 bridgehead atoms. The van der Waals surface area contributed by atoms with Crippen LogP contribution < -0.4 is 0 Å². The van der Waals surface area contributed by atoms with Gasteiger partial charge in [-0.3, -0.25) is 0 Å². The molecule has 0 unspecified atom stereocenters. The third kappa shape index (κ3) is 31.9. The van der Waals surface area contributed by atoms with Gasteiger partial charge in [-0.15, -0.1) is 0 Å². The second-order valence-corrected chi connectivity index (χ2v) is 11.2. The minimum Gasteiger partial charge on any atom is -0.0834 e. The van der Waals surface area contributed by atoms with Gasteiger partial charge in [0.1, 0.15) is 0 Å². The summed E-state index contributed by atoms with van der Waals surface area (Å²) in [7, 11) is 1.38. The standard InChI is InChI=1S/C32H62P/c1-3-5-7-9-11-13-15-17-19-21-23-25-27-29-31-33-32-30-28-26-24-22-20-18-16-14-12-10-8-6-4-2/h29-32H,3-28H2,1-2H3. The van der Waals surface area contributed by atoms with Crippen molar-refractivity contribution in [2.24, 2.45) is 0 Å². The van der Waals surface area contributed by atoms with E-state index in [9.17, 15) is 0 Å². The Bertz CT molecular complexity index is 348. The summed E-state index contributed by atoms with van der Waals surface area (Å²) < 4.78 is 0. The maximum Gasteiger partial charge on any atom is -0.0267 e. The molecule has 0 amide bonds. The second kappa shape index (κ2) is 31.9. The van der Waals surface area contributed by atoms with E-state index < -0.39 is 0 Å². The molecule has 33 heavy (non-hydrogen) atoms.